The summed E-state index contributed by atoms with van der Waals surface area (Å²) in [6.45, 7) is 1.37. The first-order valence-electron chi connectivity index (χ1n) is 8.48. The first-order valence-corrected chi connectivity index (χ1v) is 8.48. The number of nitrogens with zero attached hydrogens (tertiary/aromatic N) is 1. The number of amides is 1. The highest BCUT2D eigenvalue weighted by Gasteiger charge is 2.30. The minimum absolute atomic E-state index is 0.245. The van der Waals surface area contributed by atoms with Crippen LogP contribution in [0.25, 0.3) is 6.08 Å². The van der Waals surface area contributed by atoms with Gasteiger partial charge < -0.3 is 19.1 Å². The molecule has 1 amide bonds. The van der Waals surface area contributed by atoms with Crippen LogP contribution in [0.5, 0.6) is 17.2 Å². The number of rotatable bonds is 5. The number of carbonyl (C=O) groups excluding carboxylic acids is 1. The molecule has 0 aliphatic carbocycles. The Morgan fingerprint density at radius 3 is 2.46 bits per heavy atom. The third-order valence-electron chi connectivity index (χ3n) is 3.93. The van der Waals surface area contributed by atoms with Crippen molar-refractivity contribution in [2.24, 2.45) is 0 Å². The zero-order valence-corrected chi connectivity index (χ0v) is 15.0. The van der Waals surface area contributed by atoms with Gasteiger partial charge in [0.1, 0.15) is 19.0 Å². The summed E-state index contributed by atoms with van der Waals surface area (Å²) in [6.07, 6.45) is -1.85. The molecule has 1 aliphatic rings. The Balaban J connectivity index is 1.58. The average molecular weight is 393 g/mol. The van der Waals surface area contributed by atoms with Gasteiger partial charge in [0.15, 0.2) is 11.5 Å². The van der Waals surface area contributed by atoms with Crippen LogP contribution in [0.3, 0.4) is 0 Å². The van der Waals surface area contributed by atoms with Gasteiger partial charge in [-0.2, -0.15) is 0 Å². The number of hydrogen-bond acceptors (Lipinski definition) is 4. The molecule has 2 aromatic carbocycles. The van der Waals surface area contributed by atoms with E-state index in [4.69, 9.17) is 9.47 Å². The van der Waals surface area contributed by atoms with E-state index in [1.807, 2.05) is 18.2 Å². The number of ether oxygens (including phenoxy) is 3. The number of benzene rings is 2. The molecule has 5 nitrogen and oxygen atoms in total. The maximum Gasteiger partial charge on any atom is 0.573 e. The number of carbonyl (C=O) groups is 1. The first-order chi connectivity index (χ1) is 13.3. The maximum atomic E-state index is 12.3. The van der Waals surface area contributed by atoms with Crippen molar-refractivity contribution in [2.75, 3.05) is 20.3 Å². The summed E-state index contributed by atoms with van der Waals surface area (Å²) in [5.41, 5.74) is 1.47. The summed E-state index contributed by atoms with van der Waals surface area (Å²) < 4.78 is 51.3. The number of fused-ring (bicyclic) bond motifs is 1. The van der Waals surface area contributed by atoms with Gasteiger partial charge in [0, 0.05) is 19.7 Å². The molecule has 28 heavy (non-hydrogen) atoms. The molecular weight excluding hydrogens is 375 g/mol. The lowest BCUT2D eigenvalue weighted by atomic mass is 10.1. The molecule has 3 rings (SSSR count). The predicted molar refractivity (Wildman–Crippen MR) is 96.1 cm³/mol. The normalized spacial score (nSPS) is 13.4. The molecule has 0 saturated heterocycles. The van der Waals surface area contributed by atoms with Crippen molar-refractivity contribution in [3.05, 3.63) is 59.7 Å². The van der Waals surface area contributed by atoms with E-state index in [2.05, 4.69) is 4.74 Å². The SMILES string of the molecule is CN(Cc1ccc2c(c1)OCCO2)C(=O)/C=C/c1ccc(OC(F)(F)F)cc1. The van der Waals surface area contributed by atoms with E-state index in [9.17, 15) is 18.0 Å². The van der Waals surface area contributed by atoms with Gasteiger partial charge in [-0.1, -0.05) is 18.2 Å². The molecule has 0 aromatic heterocycles. The minimum Gasteiger partial charge on any atom is -0.486 e. The van der Waals surface area contributed by atoms with E-state index >= 15 is 0 Å². The van der Waals surface area contributed by atoms with Gasteiger partial charge >= 0.3 is 6.36 Å². The van der Waals surface area contributed by atoms with Crippen molar-refractivity contribution >= 4 is 12.0 Å². The van der Waals surface area contributed by atoms with Gasteiger partial charge in [0.25, 0.3) is 0 Å². The van der Waals surface area contributed by atoms with E-state index in [-0.39, 0.29) is 11.7 Å². The van der Waals surface area contributed by atoms with Gasteiger partial charge in [-0.3, -0.25) is 4.79 Å². The van der Waals surface area contributed by atoms with Crippen LogP contribution in [0, 0.1) is 0 Å². The number of alkyl halides is 3. The fraction of sp³-hybridized carbons (Fsp3) is 0.250. The summed E-state index contributed by atoms with van der Waals surface area (Å²) in [4.78, 5) is 13.8. The Kier molecular flexibility index (Phi) is 5.77. The van der Waals surface area contributed by atoms with E-state index in [0.717, 1.165) is 5.56 Å². The zero-order chi connectivity index (χ0) is 20.1. The number of likely N-dealkylation sites (N-methyl/N-ethyl adjacent to an activating group) is 1. The van der Waals surface area contributed by atoms with E-state index < -0.39 is 6.36 Å². The molecule has 1 aliphatic heterocycles. The molecule has 148 valence electrons. The highest BCUT2D eigenvalue weighted by molar-refractivity contribution is 5.91. The quantitative estimate of drug-likeness (QED) is 0.720. The summed E-state index contributed by atoms with van der Waals surface area (Å²) in [5, 5.41) is 0. The summed E-state index contributed by atoms with van der Waals surface area (Å²) in [7, 11) is 1.66. The van der Waals surface area contributed by atoms with Crippen LogP contribution in [0.15, 0.2) is 48.5 Å². The van der Waals surface area contributed by atoms with E-state index in [0.29, 0.717) is 36.8 Å². The lowest BCUT2D eigenvalue weighted by Crippen LogP contribution is -2.24. The lowest BCUT2D eigenvalue weighted by molar-refractivity contribution is -0.274. The largest absolute Gasteiger partial charge is 0.573 e. The predicted octanol–water partition coefficient (Wildman–Crippen LogP) is 4.03. The lowest BCUT2D eigenvalue weighted by Gasteiger charge is -2.20. The van der Waals surface area contributed by atoms with Crippen LogP contribution in [0.1, 0.15) is 11.1 Å². The third kappa shape index (κ3) is 5.42. The monoisotopic (exact) mass is 393 g/mol. The summed E-state index contributed by atoms with van der Waals surface area (Å²) >= 11 is 0. The van der Waals surface area contributed by atoms with Crippen molar-refractivity contribution in [2.45, 2.75) is 12.9 Å². The highest BCUT2D eigenvalue weighted by atomic mass is 19.4. The van der Waals surface area contributed by atoms with Gasteiger partial charge in [-0.15, -0.1) is 13.2 Å². The van der Waals surface area contributed by atoms with Gasteiger partial charge in [-0.25, -0.2) is 0 Å². The summed E-state index contributed by atoms with van der Waals surface area (Å²) in [5.74, 6) is 0.778. The van der Waals surface area contributed by atoms with Crippen LogP contribution in [0.2, 0.25) is 0 Å². The maximum absolute atomic E-state index is 12.3. The molecule has 0 spiro atoms. The Morgan fingerprint density at radius 2 is 1.79 bits per heavy atom. The minimum atomic E-state index is -4.73. The second kappa shape index (κ2) is 8.24. The number of halogens is 3. The second-order valence-electron chi connectivity index (χ2n) is 6.12. The van der Waals surface area contributed by atoms with Crippen molar-refractivity contribution < 1.29 is 32.2 Å². The van der Waals surface area contributed by atoms with Gasteiger partial charge in [0.2, 0.25) is 5.91 Å². The molecule has 0 fully saturated rings. The topological polar surface area (TPSA) is 48.0 Å². The van der Waals surface area contributed by atoms with Gasteiger partial charge in [-0.05, 0) is 41.5 Å². The molecular formula is C20H18F3NO4. The molecule has 0 saturated carbocycles. The van der Waals surface area contributed by atoms with Crippen LogP contribution in [0.4, 0.5) is 13.2 Å². The molecule has 0 radical (unpaired) electrons. The fourth-order valence-corrected chi connectivity index (χ4v) is 2.61. The van der Waals surface area contributed by atoms with Crippen LogP contribution < -0.4 is 14.2 Å². The smallest absolute Gasteiger partial charge is 0.486 e. The third-order valence-corrected chi connectivity index (χ3v) is 3.93. The molecule has 1 heterocycles. The molecule has 2 aromatic rings. The molecule has 0 N–H and O–H groups in total. The standard InChI is InChI=1S/C20H18F3NO4/c1-24(13-15-4-8-17-18(12-15)27-11-10-26-17)19(25)9-5-14-2-6-16(7-3-14)28-20(21,22)23/h2-9,12H,10-11,13H2,1H3/b9-5+. The molecule has 8 heteroatoms. The Bertz CT molecular complexity index is 863. The summed E-state index contributed by atoms with van der Waals surface area (Å²) in [6, 6.07) is 10.8. The first kappa shape index (κ1) is 19.6. The van der Waals surface area contributed by atoms with E-state index in [1.54, 1.807) is 7.05 Å². The van der Waals surface area contributed by atoms with Crippen LogP contribution >= 0.6 is 0 Å². The zero-order valence-electron chi connectivity index (χ0n) is 15.0. The Hall–Kier alpha value is -3.16. The number of hydrogen-bond donors (Lipinski definition) is 0. The molecule has 0 atom stereocenters. The Morgan fingerprint density at radius 1 is 1.11 bits per heavy atom. The van der Waals surface area contributed by atoms with E-state index in [1.165, 1.54) is 41.3 Å². The molecule has 0 unspecified atom stereocenters. The molecule has 0 bridgehead atoms. The van der Waals surface area contributed by atoms with Crippen molar-refractivity contribution in [1.82, 2.24) is 4.90 Å². The van der Waals surface area contributed by atoms with Crippen LogP contribution in [-0.2, 0) is 11.3 Å². The van der Waals surface area contributed by atoms with Gasteiger partial charge in [0.05, 0.1) is 0 Å². The Labute approximate surface area is 159 Å². The highest BCUT2D eigenvalue weighted by Crippen LogP contribution is 2.31. The fourth-order valence-electron chi connectivity index (χ4n) is 2.61. The van der Waals surface area contributed by atoms with Crippen molar-refractivity contribution in [3.8, 4) is 17.2 Å². The second-order valence-corrected chi connectivity index (χ2v) is 6.12. The average Bonchev–Trinajstić information content (AvgIpc) is 2.66. The van der Waals surface area contributed by atoms with Crippen molar-refractivity contribution in [3.63, 3.8) is 0 Å². The van der Waals surface area contributed by atoms with Crippen LogP contribution in [-0.4, -0.2) is 37.4 Å². The van der Waals surface area contributed by atoms with Crippen molar-refractivity contribution in [1.29, 1.82) is 0 Å².